The lowest BCUT2D eigenvalue weighted by Gasteiger charge is -2.34. The molecule has 0 spiro atoms. The van der Waals surface area contributed by atoms with E-state index in [4.69, 9.17) is 0 Å². The van der Waals surface area contributed by atoms with Gasteiger partial charge in [0, 0.05) is 37.1 Å². The number of aromatic nitrogens is 1. The van der Waals surface area contributed by atoms with Crippen LogP contribution >= 0.6 is 0 Å². The predicted molar refractivity (Wildman–Crippen MR) is 78.1 cm³/mol. The molecule has 1 aliphatic heterocycles. The summed E-state index contributed by atoms with van der Waals surface area (Å²) in [4.78, 5) is 29.9. The van der Waals surface area contributed by atoms with E-state index < -0.39 is 12.0 Å². The molecule has 0 aliphatic carbocycles. The first-order valence-electron chi connectivity index (χ1n) is 6.78. The number of urea groups is 1. The first kappa shape index (κ1) is 13.5. The number of hydrogen-bond donors (Lipinski definition) is 2. The molecular weight excluding hydrogens is 270 g/mol. The Hall–Kier alpha value is -2.50. The van der Waals surface area contributed by atoms with Gasteiger partial charge in [0.05, 0.1) is 6.54 Å². The van der Waals surface area contributed by atoms with Gasteiger partial charge in [-0.25, -0.2) is 9.59 Å². The van der Waals surface area contributed by atoms with Crippen molar-refractivity contribution < 1.29 is 14.7 Å². The van der Waals surface area contributed by atoms with Crippen molar-refractivity contribution in [3.8, 4) is 0 Å². The van der Waals surface area contributed by atoms with E-state index in [0.29, 0.717) is 6.42 Å². The highest BCUT2D eigenvalue weighted by Crippen LogP contribution is 2.30. The van der Waals surface area contributed by atoms with Crippen LogP contribution in [0.1, 0.15) is 11.3 Å². The van der Waals surface area contributed by atoms with Crippen LogP contribution in [0.2, 0.25) is 0 Å². The largest absolute Gasteiger partial charge is 0.480 e. The molecule has 0 bridgehead atoms. The smallest absolute Gasteiger partial charge is 0.326 e. The molecule has 0 radical (unpaired) electrons. The summed E-state index contributed by atoms with van der Waals surface area (Å²) in [6.45, 7) is 0.290. The summed E-state index contributed by atoms with van der Waals surface area (Å²) in [7, 11) is 3.25. The molecule has 1 aliphatic rings. The third-order valence-electron chi connectivity index (χ3n) is 3.92. The van der Waals surface area contributed by atoms with Gasteiger partial charge >= 0.3 is 12.0 Å². The van der Waals surface area contributed by atoms with Crippen LogP contribution in [0.5, 0.6) is 0 Å². The Bertz CT molecular complexity index is 720. The molecule has 2 N–H and O–H groups in total. The summed E-state index contributed by atoms with van der Waals surface area (Å²) in [5.74, 6) is -0.971. The summed E-state index contributed by atoms with van der Waals surface area (Å²) in [6, 6.07) is 6.69. The fourth-order valence-electron chi connectivity index (χ4n) is 2.89. The van der Waals surface area contributed by atoms with E-state index in [-0.39, 0.29) is 12.6 Å². The summed E-state index contributed by atoms with van der Waals surface area (Å²) >= 11 is 0. The molecule has 2 amide bonds. The molecule has 2 aromatic rings. The number of para-hydroxylation sites is 1. The fraction of sp³-hybridized carbons (Fsp3) is 0.333. The van der Waals surface area contributed by atoms with Crippen LogP contribution < -0.4 is 0 Å². The Morgan fingerprint density at radius 1 is 1.33 bits per heavy atom. The van der Waals surface area contributed by atoms with Crippen LogP contribution in [0, 0.1) is 0 Å². The third-order valence-corrected chi connectivity index (χ3v) is 3.92. The normalized spacial score (nSPS) is 17.6. The molecule has 6 heteroatoms. The van der Waals surface area contributed by atoms with Gasteiger partial charge in [0.1, 0.15) is 6.04 Å². The van der Waals surface area contributed by atoms with Crippen molar-refractivity contribution in [3.05, 3.63) is 35.5 Å². The number of benzene rings is 1. The zero-order chi connectivity index (χ0) is 15.1. The molecule has 0 saturated heterocycles. The minimum Gasteiger partial charge on any atom is -0.480 e. The summed E-state index contributed by atoms with van der Waals surface area (Å²) < 4.78 is 0. The number of H-pyrrole nitrogens is 1. The predicted octanol–water partition coefficient (Wildman–Crippen LogP) is 1.66. The van der Waals surface area contributed by atoms with Crippen LogP contribution in [0.25, 0.3) is 10.9 Å². The maximum Gasteiger partial charge on any atom is 0.326 e. The summed E-state index contributed by atoms with van der Waals surface area (Å²) in [6.07, 6.45) is 0.328. The third kappa shape index (κ3) is 2.12. The number of aliphatic carboxylic acids is 1. The monoisotopic (exact) mass is 287 g/mol. The van der Waals surface area contributed by atoms with Crippen LogP contribution in [-0.4, -0.2) is 52.0 Å². The molecule has 1 unspecified atom stereocenters. The lowest BCUT2D eigenvalue weighted by atomic mass is 9.97. The Balaban J connectivity index is 2.07. The van der Waals surface area contributed by atoms with E-state index in [9.17, 15) is 14.7 Å². The number of nitrogens with one attached hydrogen (secondary N) is 1. The van der Waals surface area contributed by atoms with Crippen molar-refractivity contribution in [2.24, 2.45) is 0 Å². The van der Waals surface area contributed by atoms with Crippen molar-refractivity contribution >= 4 is 22.9 Å². The number of fused-ring (bicyclic) bond motifs is 3. The van der Waals surface area contributed by atoms with E-state index in [1.54, 1.807) is 14.1 Å². The number of carbonyl (C=O) groups excluding carboxylic acids is 1. The highest BCUT2D eigenvalue weighted by molar-refractivity contribution is 5.88. The fourth-order valence-corrected chi connectivity index (χ4v) is 2.89. The number of carboxylic acid groups (broad SMARTS) is 1. The number of amides is 2. The van der Waals surface area contributed by atoms with Crippen molar-refractivity contribution in [1.29, 1.82) is 0 Å². The second kappa shape index (κ2) is 4.80. The Kier molecular flexibility index (Phi) is 3.08. The molecule has 0 saturated carbocycles. The SMILES string of the molecule is CN(C)C(=O)N1Cc2[nH]c3ccccc3c2CC1C(=O)O. The standard InChI is InChI=1S/C15H17N3O3/c1-17(2)15(21)18-8-12-10(7-13(18)14(19)20)9-5-3-4-6-11(9)16-12/h3-6,13,16H,7-8H2,1-2H3,(H,19,20). The highest BCUT2D eigenvalue weighted by Gasteiger charge is 2.36. The van der Waals surface area contributed by atoms with E-state index in [1.165, 1.54) is 9.80 Å². The van der Waals surface area contributed by atoms with Gasteiger partial charge in [-0.15, -0.1) is 0 Å². The van der Waals surface area contributed by atoms with Crippen molar-refractivity contribution in [2.45, 2.75) is 19.0 Å². The summed E-state index contributed by atoms with van der Waals surface area (Å²) in [5, 5.41) is 10.5. The average Bonchev–Trinajstić information content (AvgIpc) is 2.82. The van der Waals surface area contributed by atoms with Crippen LogP contribution in [-0.2, 0) is 17.8 Å². The number of aromatic amines is 1. The van der Waals surface area contributed by atoms with E-state index >= 15 is 0 Å². The zero-order valence-electron chi connectivity index (χ0n) is 12.0. The number of nitrogens with zero attached hydrogens (tertiary/aromatic N) is 2. The Morgan fingerprint density at radius 3 is 2.71 bits per heavy atom. The van der Waals surface area contributed by atoms with Gasteiger partial charge in [-0.1, -0.05) is 18.2 Å². The maximum absolute atomic E-state index is 12.2. The van der Waals surface area contributed by atoms with Gasteiger partial charge in [0.25, 0.3) is 0 Å². The number of hydrogen-bond acceptors (Lipinski definition) is 2. The highest BCUT2D eigenvalue weighted by atomic mass is 16.4. The minimum absolute atomic E-state index is 0.285. The molecule has 1 aromatic heterocycles. The lowest BCUT2D eigenvalue weighted by Crippen LogP contribution is -2.51. The van der Waals surface area contributed by atoms with Gasteiger partial charge in [-0.3, -0.25) is 0 Å². The molecule has 2 heterocycles. The van der Waals surface area contributed by atoms with E-state index in [2.05, 4.69) is 4.98 Å². The Morgan fingerprint density at radius 2 is 2.05 bits per heavy atom. The second-order valence-electron chi connectivity index (χ2n) is 5.49. The molecule has 0 fully saturated rings. The molecule has 1 aromatic carbocycles. The molecule has 110 valence electrons. The zero-order valence-corrected chi connectivity index (χ0v) is 12.0. The van der Waals surface area contributed by atoms with Gasteiger partial charge < -0.3 is 19.9 Å². The molecule has 21 heavy (non-hydrogen) atoms. The van der Waals surface area contributed by atoms with E-state index in [0.717, 1.165) is 22.2 Å². The topological polar surface area (TPSA) is 76.6 Å². The minimum atomic E-state index is -0.971. The number of carboxylic acids is 1. The van der Waals surface area contributed by atoms with E-state index in [1.807, 2.05) is 24.3 Å². The van der Waals surface area contributed by atoms with Gasteiger partial charge in [0.2, 0.25) is 0 Å². The maximum atomic E-state index is 12.2. The van der Waals surface area contributed by atoms with Gasteiger partial charge in [0.15, 0.2) is 0 Å². The molecule has 6 nitrogen and oxygen atoms in total. The van der Waals surface area contributed by atoms with Gasteiger partial charge in [-0.05, 0) is 11.6 Å². The van der Waals surface area contributed by atoms with Crippen molar-refractivity contribution in [3.63, 3.8) is 0 Å². The molecular formula is C15H17N3O3. The van der Waals surface area contributed by atoms with Crippen molar-refractivity contribution in [1.82, 2.24) is 14.8 Å². The Labute approximate surface area is 122 Å². The first-order valence-corrected chi connectivity index (χ1v) is 6.78. The molecule has 1 atom stereocenters. The average molecular weight is 287 g/mol. The van der Waals surface area contributed by atoms with Crippen LogP contribution in [0.3, 0.4) is 0 Å². The summed E-state index contributed by atoms with van der Waals surface area (Å²) in [5.41, 5.74) is 2.90. The number of rotatable bonds is 1. The van der Waals surface area contributed by atoms with Crippen LogP contribution in [0.4, 0.5) is 4.79 Å². The number of carbonyl (C=O) groups is 2. The van der Waals surface area contributed by atoms with Crippen molar-refractivity contribution in [2.75, 3.05) is 14.1 Å². The molecule has 3 rings (SSSR count). The van der Waals surface area contributed by atoms with Gasteiger partial charge in [-0.2, -0.15) is 0 Å². The quantitative estimate of drug-likeness (QED) is 0.837. The second-order valence-corrected chi connectivity index (χ2v) is 5.49. The first-order chi connectivity index (χ1) is 9.99. The van der Waals surface area contributed by atoms with Crippen LogP contribution in [0.15, 0.2) is 24.3 Å². The lowest BCUT2D eigenvalue weighted by molar-refractivity contribution is -0.142.